The molecule has 100 valence electrons. The molecule has 0 unspecified atom stereocenters. The second-order valence-corrected chi connectivity index (χ2v) is 3.78. The van der Waals surface area contributed by atoms with E-state index >= 15 is 0 Å². The van der Waals surface area contributed by atoms with Crippen LogP contribution in [-0.2, 0) is 4.74 Å². The van der Waals surface area contributed by atoms with Gasteiger partial charge < -0.3 is 15.4 Å². The fraction of sp³-hybridized carbons (Fsp3) is 0.417. The van der Waals surface area contributed by atoms with Gasteiger partial charge in [-0.25, -0.2) is 8.78 Å². The maximum Gasteiger partial charge on any atom is 0.256 e. The number of benzene rings is 1. The van der Waals surface area contributed by atoms with E-state index in [4.69, 9.17) is 10.5 Å². The Labute approximate surface area is 104 Å². The number of hydrogen-bond acceptors (Lipinski definition) is 3. The maximum absolute atomic E-state index is 13.5. The van der Waals surface area contributed by atoms with Gasteiger partial charge in [-0.15, -0.1) is 0 Å². The predicted molar refractivity (Wildman–Crippen MR) is 64.2 cm³/mol. The van der Waals surface area contributed by atoms with E-state index in [2.05, 4.69) is 0 Å². The third-order valence-electron chi connectivity index (χ3n) is 2.44. The Morgan fingerprint density at radius 3 is 2.67 bits per heavy atom. The number of halogens is 2. The van der Waals surface area contributed by atoms with Crippen molar-refractivity contribution in [3.05, 3.63) is 29.3 Å². The zero-order valence-corrected chi connectivity index (χ0v) is 10.4. The van der Waals surface area contributed by atoms with Crippen LogP contribution in [-0.4, -0.2) is 37.6 Å². The molecule has 0 saturated heterocycles. The summed E-state index contributed by atoms with van der Waals surface area (Å²) >= 11 is 0. The van der Waals surface area contributed by atoms with Gasteiger partial charge in [0, 0.05) is 26.3 Å². The molecule has 1 amide bonds. The molecule has 1 aromatic carbocycles. The second kappa shape index (κ2) is 6.30. The smallest absolute Gasteiger partial charge is 0.256 e. The number of nitrogens with two attached hydrogens (primary N) is 1. The van der Waals surface area contributed by atoms with E-state index in [9.17, 15) is 13.6 Å². The summed E-state index contributed by atoms with van der Waals surface area (Å²) in [6.45, 7) is 3.06. The van der Waals surface area contributed by atoms with Crippen LogP contribution in [0.2, 0.25) is 0 Å². The Balaban J connectivity index is 2.80. The Hall–Kier alpha value is -1.69. The standard InChI is InChI=1S/C12H16F2N2O2/c1-3-18-5-4-16(2)12(17)8-6-11(15)10(14)7-9(8)13/h6-7H,3-5,15H2,1-2H3. The van der Waals surface area contributed by atoms with Crippen molar-refractivity contribution in [1.82, 2.24) is 4.90 Å². The van der Waals surface area contributed by atoms with Gasteiger partial charge in [0.05, 0.1) is 17.9 Å². The van der Waals surface area contributed by atoms with Crippen LogP contribution in [0.1, 0.15) is 17.3 Å². The minimum absolute atomic E-state index is 0.243. The molecule has 0 fully saturated rings. The van der Waals surface area contributed by atoms with Gasteiger partial charge >= 0.3 is 0 Å². The highest BCUT2D eigenvalue weighted by Crippen LogP contribution is 2.17. The Bertz CT molecular complexity index is 438. The molecule has 0 aromatic heterocycles. The topological polar surface area (TPSA) is 55.6 Å². The third kappa shape index (κ3) is 3.40. The van der Waals surface area contributed by atoms with Crippen molar-refractivity contribution in [3.63, 3.8) is 0 Å². The fourth-order valence-corrected chi connectivity index (χ4v) is 1.38. The van der Waals surface area contributed by atoms with Crippen LogP contribution in [0.3, 0.4) is 0 Å². The highest BCUT2D eigenvalue weighted by molar-refractivity contribution is 5.95. The van der Waals surface area contributed by atoms with Crippen LogP contribution in [0.25, 0.3) is 0 Å². The molecule has 0 aliphatic rings. The molecule has 0 bridgehead atoms. The zero-order chi connectivity index (χ0) is 13.7. The first-order chi connectivity index (χ1) is 8.47. The Kier molecular flexibility index (Phi) is 5.03. The summed E-state index contributed by atoms with van der Waals surface area (Å²) in [5.74, 6) is -2.35. The number of nitrogens with zero attached hydrogens (tertiary/aromatic N) is 1. The van der Waals surface area contributed by atoms with Crippen molar-refractivity contribution in [2.24, 2.45) is 0 Å². The van der Waals surface area contributed by atoms with Gasteiger partial charge in [0.25, 0.3) is 5.91 Å². The first kappa shape index (κ1) is 14.4. The molecule has 6 heteroatoms. The fourth-order valence-electron chi connectivity index (χ4n) is 1.38. The second-order valence-electron chi connectivity index (χ2n) is 3.78. The number of carbonyl (C=O) groups is 1. The average Bonchev–Trinajstić information content (AvgIpc) is 2.33. The van der Waals surface area contributed by atoms with E-state index in [1.807, 2.05) is 6.92 Å². The van der Waals surface area contributed by atoms with Crippen molar-refractivity contribution < 1.29 is 18.3 Å². The molecule has 4 nitrogen and oxygen atoms in total. The molecule has 0 aliphatic heterocycles. The number of ether oxygens (including phenoxy) is 1. The van der Waals surface area contributed by atoms with Crippen molar-refractivity contribution in [2.45, 2.75) is 6.92 Å². The SMILES string of the molecule is CCOCCN(C)C(=O)c1cc(N)c(F)cc1F. The van der Waals surface area contributed by atoms with E-state index in [-0.39, 0.29) is 11.3 Å². The highest BCUT2D eigenvalue weighted by Gasteiger charge is 2.18. The normalized spacial score (nSPS) is 10.4. The van der Waals surface area contributed by atoms with Gasteiger partial charge in [-0.1, -0.05) is 0 Å². The van der Waals surface area contributed by atoms with Gasteiger partial charge in [0.1, 0.15) is 11.6 Å². The van der Waals surface area contributed by atoms with E-state index in [1.165, 1.54) is 11.9 Å². The molecule has 0 spiro atoms. The van der Waals surface area contributed by atoms with E-state index in [0.29, 0.717) is 25.8 Å². The van der Waals surface area contributed by atoms with Crippen molar-refractivity contribution in [3.8, 4) is 0 Å². The average molecular weight is 258 g/mol. The number of carbonyl (C=O) groups excluding carboxylic acids is 1. The number of anilines is 1. The van der Waals surface area contributed by atoms with Crippen LogP contribution >= 0.6 is 0 Å². The lowest BCUT2D eigenvalue weighted by molar-refractivity contribution is 0.0705. The molecule has 0 heterocycles. The molecule has 2 N–H and O–H groups in total. The van der Waals surface area contributed by atoms with Crippen molar-refractivity contribution >= 4 is 11.6 Å². The first-order valence-corrected chi connectivity index (χ1v) is 5.55. The molecule has 0 atom stereocenters. The lowest BCUT2D eigenvalue weighted by Gasteiger charge is -2.17. The van der Waals surface area contributed by atoms with Gasteiger partial charge in [-0.2, -0.15) is 0 Å². The molecule has 0 radical (unpaired) electrons. The largest absolute Gasteiger partial charge is 0.396 e. The van der Waals surface area contributed by atoms with Crippen LogP contribution < -0.4 is 5.73 Å². The summed E-state index contributed by atoms with van der Waals surface area (Å²) < 4.78 is 31.5. The molecular weight excluding hydrogens is 242 g/mol. The molecule has 1 aromatic rings. The maximum atomic E-state index is 13.5. The summed E-state index contributed by atoms with van der Waals surface area (Å²) in [6.07, 6.45) is 0. The molecule has 0 saturated carbocycles. The third-order valence-corrected chi connectivity index (χ3v) is 2.44. The minimum Gasteiger partial charge on any atom is -0.396 e. The lowest BCUT2D eigenvalue weighted by Crippen LogP contribution is -2.31. The summed E-state index contributed by atoms with van der Waals surface area (Å²) in [5.41, 5.74) is 4.82. The molecule has 1 rings (SSSR count). The Morgan fingerprint density at radius 2 is 2.06 bits per heavy atom. The van der Waals surface area contributed by atoms with Gasteiger partial charge in [-0.05, 0) is 13.0 Å². The molecular formula is C12H16F2N2O2. The predicted octanol–water partition coefficient (Wildman–Crippen LogP) is 1.66. The van der Waals surface area contributed by atoms with Gasteiger partial charge in [-0.3, -0.25) is 4.79 Å². The van der Waals surface area contributed by atoms with Crippen LogP contribution in [0, 0.1) is 11.6 Å². The molecule has 18 heavy (non-hydrogen) atoms. The number of likely N-dealkylation sites (N-methyl/N-ethyl adjacent to an activating group) is 1. The van der Waals surface area contributed by atoms with Crippen LogP contribution in [0.15, 0.2) is 12.1 Å². The van der Waals surface area contributed by atoms with Crippen molar-refractivity contribution in [1.29, 1.82) is 0 Å². The lowest BCUT2D eigenvalue weighted by atomic mass is 10.1. The van der Waals surface area contributed by atoms with E-state index in [0.717, 1.165) is 6.07 Å². The van der Waals surface area contributed by atoms with E-state index < -0.39 is 17.5 Å². The van der Waals surface area contributed by atoms with Gasteiger partial charge in [0.15, 0.2) is 0 Å². The zero-order valence-electron chi connectivity index (χ0n) is 10.4. The number of amides is 1. The summed E-state index contributed by atoms with van der Waals surface area (Å²) in [6, 6.07) is 1.61. The molecule has 0 aliphatic carbocycles. The van der Waals surface area contributed by atoms with Gasteiger partial charge in [0.2, 0.25) is 0 Å². The highest BCUT2D eigenvalue weighted by atomic mass is 19.1. The van der Waals surface area contributed by atoms with Crippen molar-refractivity contribution in [2.75, 3.05) is 32.5 Å². The monoisotopic (exact) mass is 258 g/mol. The summed E-state index contributed by atoms with van der Waals surface area (Å²) in [7, 11) is 1.51. The van der Waals surface area contributed by atoms with E-state index in [1.54, 1.807) is 0 Å². The van der Waals surface area contributed by atoms with Crippen LogP contribution in [0.4, 0.5) is 14.5 Å². The van der Waals surface area contributed by atoms with Crippen LogP contribution in [0.5, 0.6) is 0 Å². The minimum atomic E-state index is -0.921. The Morgan fingerprint density at radius 1 is 1.39 bits per heavy atom. The first-order valence-electron chi connectivity index (χ1n) is 5.55. The number of nitrogen functional groups attached to an aromatic ring is 1. The summed E-state index contributed by atoms with van der Waals surface area (Å²) in [4.78, 5) is 13.2. The summed E-state index contributed by atoms with van der Waals surface area (Å²) in [5, 5.41) is 0. The quantitative estimate of drug-likeness (QED) is 0.645. The number of hydrogen-bond donors (Lipinski definition) is 1. The number of rotatable bonds is 5.